The molecule has 0 unspecified atom stereocenters. The molecule has 0 bridgehead atoms. The number of carbonyl (C=O) groups is 1. The number of nitrogens with one attached hydrogen (secondary N) is 1. The average Bonchev–Trinajstić information content (AvgIpc) is 2.92. The molecule has 1 aromatic carbocycles. The van der Waals surface area contributed by atoms with Gasteiger partial charge in [-0.05, 0) is 62.1 Å². The van der Waals surface area contributed by atoms with Crippen molar-refractivity contribution in [3.05, 3.63) is 40.7 Å². The lowest BCUT2D eigenvalue weighted by Gasteiger charge is -2.20. The Hall–Kier alpha value is -1.82. The van der Waals surface area contributed by atoms with Crippen molar-refractivity contribution in [2.24, 2.45) is 0 Å². The van der Waals surface area contributed by atoms with Crippen LogP contribution in [0.3, 0.4) is 0 Å². The van der Waals surface area contributed by atoms with Gasteiger partial charge in [-0.1, -0.05) is 36.4 Å². The van der Waals surface area contributed by atoms with Gasteiger partial charge in [-0.2, -0.15) is 0 Å². The summed E-state index contributed by atoms with van der Waals surface area (Å²) in [5.74, 6) is 1.50. The zero-order chi connectivity index (χ0) is 18.6. The van der Waals surface area contributed by atoms with Gasteiger partial charge in [-0.3, -0.25) is 4.79 Å². The van der Waals surface area contributed by atoms with Gasteiger partial charge in [0.1, 0.15) is 5.82 Å². The summed E-state index contributed by atoms with van der Waals surface area (Å²) in [6.45, 7) is 3.04. The zero-order valence-electron chi connectivity index (χ0n) is 16.0. The summed E-state index contributed by atoms with van der Waals surface area (Å²) in [5.41, 5.74) is 4.14. The molecule has 0 radical (unpaired) electrons. The van der Waals surface area contributed by atoms with Gasteiger partial charge in [0.05, 0.1) is 11.8 Å². The van der Waals surface area contributed by atoms with E-state index in [0.717, 1.165) is 30.4 Å². The number of hydrogen-bond acceptors (Lipinski definition) is 4. The number of amides is 1. The number of rotatable bonds is 5. The highest BCUT2D eigenvalue weighted by molar-refractivity contribution is 7.99. The Labute approximate surface area is 165 Å². The van der Waals surface area contributed by atoms with Crippen molar-refractivity contribution in [2.45, 2.75) is 76.0 Å². The van der Waals surface area contributed by atoms with Gasteiger partial charge in [0.2, 0.25) is 5.91 Å². The molecule has 0 fully saturated rings. The second-order valence-electron chi connectivity index (χ2n) is 7.67. The van der Waals surface area contributed by atoms with Crippen molar-refractivity contribution in [3.63, 3.8) is 0 Å². The van der Waals surface area contributed by atoms with Crippen LogP contribution in [0.15, 0.2) is 23.4 Å². The Balaban J connectivity index is 1.33. The summed E-state index contributed by atoms with van der Waals surface area (Å²) in [5, 5.41) is 12.6. The molecule has 1 aliphatic carbocycles. The molecule has 2 aromatic rings. The molecule has 1 N–H and O–H groups in total. The smallest absolute Gasteiger partial charge is 0.230 e. The van der Waals surface area contributed by atoms with E-state index >= 15 is 0 Å². The predicted molar refractivity (Wildman–Crippen MR) is 108 cm³/mol. The SMILES string of the molecule is C[C@H](NC(=O)CSc1nnc2n1CCCCC2)c1ccc2c(c1)CCCC2. The van der Waals surface area contributed by atoms with Gasteiger partial charge >= 0.3 is 0 Å². The Bertz CT molecular complexity index is 817. The molecular weight excluding hydrogens is 356 g/mol. The first-order valence-electron chi connectivity index (χ1n) is 10.2. The highest BCUT2D eigenvalue weighted by atomic mass is 32.2. The Kier molecular flexibility index (Phi) is 5.81. The number of aryl methyl sites for hydroxylation is 3. The van der Waals surface area contributed by atoms with Crippen LogP contribution in [0, 0.1) is 0 Å². The Morgan fingerprint density at radius 1 is 1.11 bits per heavy atom. The molecule has 1 atom stereocenters. The molecule has 0 saturated heterocycles. The van der Waals surface area contributed by atoms with Gasteiger partial charge in [-0.25, -0.2) is 0 Å². The second-order valence-corrected chi connectivity index (χ2v) is 8.62. The first kappa shape index (κ1) is 18.5. The fraction of sp³-hybridized carbons (Fsp3) is 0.571. The number of hydrogen-bond donors (Lipinski definition) is 1. The first-order chi connectivity index (χ1) is 13.2. The summed E-state index contributed by atoms with van der Waals surface area (Å²) < 4.78 is 2.19. The molecule has 0 spiro atoms. The topological polar surface area (TPSA) is 59.8 Å². The maximum Gasteiger partial charge on any atom is 0.230 e. The Morgan fingerprint density at radius 2 is 1.93 bits per heavy atom. The summed E-state index contributed by atoms with van der Waals surface area (Å²) in [6.07, 6.45) is 9.51. The maximum absolute atomic E-state index is 12.5. The molecule has 1 amide bonds. The van der Waals surface area contributed by atoms with Crippen LogP contribution >= 0.6 is 11.8 Å². The van der Waals surface area contributed by atoms with Crippen molar-refractivity contribution in [1.82, 2.24) is 20.1 Å². The minimum absolute atomic E-state index is 0.0286. The van der Waals surface area contributed by atoms with E-state index in [1.807, 2.05) is 0 Å². The zero-order valence-corrected chi connectivity index (χ0v) is 16.9. The van der Waals surface area contributed by atoms with Gasteiger partial charge in [0.15, 0.2) is 5.16 Å². The van der Waals surface area contributed by atoms with E-state index in [0.29, 0.717) is 5.75 Å². The number of aromatic nitrogens is 3. The van der Waals surface area contributed by atoms with E-state index in [4.69, 9.17) is 0 Å². The van der Waals surface area contributed by atoms with Crippen LogP contribution in [-0.4, -0.2) is 26.4 Å². The van der Waals surface area contributed by atoms with E-state index < -0.39 is 0 Å². The summed E-state index contributed by atoms with van der Waals surface area (Å²) in [7, 11) is 0. The second kappa shape index (κ2) is 8.46. The van der Waals surface area contributed by atoms with E-state index in [2.05, 4.69) is 45.2 Å². The number of benzene rings is 1. The van der Waals surface area contributed by atoms with Crippen molar-refractivity contribution < 1.29 is 4.79 Å². The first-order valence-corrected chi connectivity index (χ1v) is 11.2. The molecule has 0 saturated carbocycles. The summed E-state index contributed by atoms with van der Waals surface area (Å²) >= 11 is 1.50. The molecular formula is C21H28N4OS. The molecule has 27 heavy (non-hydrogen) atoms. The molecule has 4 rings (SSSR count). The molecule has 1 aromatic heterocycles. The molecule has 144 valence electrons. The van der Waals surface area contributed by atoms with Crippen molar-refractivity contribution in [2.75, 3.05) is 5.75 Å². The summed E-state index contributed by atoms with van der Waals surface area (Å²) in [4.78, 5) is 12.5. The predicted octanol–water partition coefficient (Wildman–Crippen LogP) is 3.85. The van der Waals surface area contributed by atoms with E-state index in [9.17, 15) is 4.79 Å². The van der Waals surface area contributed by atoms with E-state index in [1.165, 1.54) is 67.0 Å². The fourth-order valence-electron chi connectivity index (χ4n) is 4.08. The van der Waals surface area contributed by atoms with Crippen LogP contribution in [0.2, 0.25) is 0 Å². The summed E-state index contributed by atoms with van der Waals surface area (Å²) in [6, 6.07) is 6.72. The number of nitrogens with zero attached hydrogens (tertiary/aromatic N) is 3. The van der Waals surface area contributed by atoms with Crippen molar-refractivity contribution in [3.8, 4) is 0 Å². The Morgan fingerprint density at radius 3 is 2.81 bits per heavy atom. The average molecular weight is 385 g/mol. The third kappa shape index (κ3) is 4.37. The normalized spacial score (nSPS) is 17.5. The number of thioether (sulfide) groups is 1. The standard InChI is InChI=1S/C21H28N4OS/c1-15(17-11-10-16-7-4-5-8-18(16)13-17)22-20(26)14-27-21-24-23-19-9-3-2-6-12-25(19)21/h10-11,13,15H,2-9,12,14H2,1H3,(H,22,26)/t15-/m0/s1. The molecule has 5 nitrogen and oxygen atoms in total. The largest absolute Gasteiger partial charge is 0.349 e. The molecule has 2 heterocycles. The highest BCUT2D eigenvalue weighted by Crippen LogP contribution is 2.25. The van der Waals surface area contributed by atoms with Crippen LogP contribution < -0.4 is 5.32 Å². The van der Waals surface area contributed by atoms with Gasteiger partial charge in [0, 0.05) is 13.0 Å². The minimum atomic E-state index is 0.0286. The quantitative estimate of drug-likeness (QED) is 0.796. The van der Waals surface area contributed by atoms with Crippen LogP contribution in [0.25, 0.3) is 0 Å². The lowest BCUT2D eigenvalue weighted by atomic mass is 9.89. The highest BCUT2D eigenvalue weighted by Gasteiger charge is 2.18. The minimum Gasteiger partial charge on any atom is -0.349 e. The van der Waals surface area contributed by atoms with E-state index in [-0.39, 0.29) is 11.9 Å². The van der Waals surface area contributed by atoms with Crippen molar-refractivity contribution >= 4 is 17.7 Å². The fourth-order valence-corrected chi connectivity index (χ4v) is 4.88. The van der Waals surface area contributed by atoms with E-state index in [1.54, 1.807) is 0 Å². The molecule has 1 aliphatic heterocycles. The molecule has 6 heteroatoms. The lowest BCUT2D eigenvalue weighted by molar-refractivity contribution is -0.119. The van der Waals surface area contributed by atoms with Crippen LogP contribution in [0.1, 0.15) is 67.6 Å². The van der Waals surface area contributed by atoms with Gasteiger partial charge in [0.25, 0.3) is 0 Å². The number of fused-ring (bicyclic) bond motifs is 2. The van der Waals surface area contributed by atoms with Crippen LogP contribution in [0.4, 0.5) is 0 Å². The molecule has 2 aliphatic rings. The number of carbonyl (C=O) groups excluding carboxylic acids is 1. The van der Waals surface area contributed by atoms with Gasteiger partial charge in [-0.15, -0.1) is 10.2 Å². The van der Waals surface area contributed by atoms with Crippen molar-refractivity contribution in [1.29, 1.82) is 0 Å². The van der Waals surface area contributed by atoms with Gasteiger partial charge < -0.3 is 9.88 Å². The van der Waals surface area contributed by atoms with Crippen LogP contribution in [0.5, 0.6) is 0 Å². The maximum atomic E-state index is 12.5. The third-order valence-electron chi connectivity index (χ3n) is 5.66. The van der Waals surface area contributed by atoms with Crippen LogP contribution in [-0.2, 0) is 30.6 Å². The monoisotopic (exact) mass is 384 g/mol. The lowest BCUT2D eigenvalue weighted by Crippen LogP contribution is -2.28. The third-order valence-corrected chi connectivity index (χ3v) is 6.62.